The molecular formula is C19H24FN3O. The highest BCUT2D eigenvalue weighted by Gasteiger charge is 1.99. The smallest absolute Gasteiger partial charge is 0.191 e. The number of ether oxygens (including phenoxy) is 1. The Morgan fingerprint density at radius 2 is 1.67 bits per heavy atom. The summed E-state index contributed by atoms with van der Waals surface area (Å²) < 4.78 is 18.0. The van der Waals surface area contributed by atoms with E-state index in [9.17, 15) is 4.39 Å². The summed E-state index contributed by atoms with van der Waals surface area (Å²) in [6.45, 7) is 4.16. The highest BCUT2D eigenvalue weighted by molar-refractivity contribution is 5.79. The van der Waals surface area contributed by atoms with Crippen LogP contribution < -0.4 is 15.4 Å². The molecule has 0 amide bonds. The summed E-state index contributed by atoms with van der Waals surface area (Å²) in [5.41, 5.74) is 2.21. The number of rotatable bonds is 7. The molecule has 0 aromatic heterocycles. The van der Waals surface area contributed by atoms with E-state index in [2.05, 4.69) is 15.6 Å². The first kappa shape index (κ1) is 17.8. The van der Waals surface area contributed by atoms with Gasteiger partial charge in [0.1, 0.15) is 11.6 Å². The molecule has 0 aliphatic carbocycles. The summed E-state index contributed by atoms with van der Waals surface area (Å²) in [5, 5.41) is 6.52. The Kier molecular flexibility index (Phi) is 7.08. The lowest BCUT2D eigenvalue weighted by Gasteiger charge is -2.11. The van der Waals surface area contributed by atoms with Gasteiger partial charge in [0, 0.05) is 13.1 Å². The van der Waals surface area contributed by atoms with Crippen LogP contribution in [0, 0.1) is 5.82 Å². The average molecular weight is 329 g/mol. The average Bonchev–Trinajstić information content (AvgIpc) is 2.62. The van der Waals surface area contributed by atoms with Gasteiger partial charge in [0.2, 0.25) is 0 Å². The summed E-state index contributed by atoms with van der Waals surface area (Å²) in [7, 11) is 1.65. The predicted molar refractivity (Wildman–Crippen MR) is 95.9 cm³/mol. The van der Waals surface area contributed by atoms with Gasteiger partial charge in [0.05, 0.1) is 13.7 Å². The lowest BCUT2D eigenvalue weighted by atomic mass is 10.1. The summed E-state index contributed by atoms with van der Waals surface area (Å²) in [5.74, 6) is 1.41. The topological polar surface area (TPSA) is 45.7 Å². The van der Waals surface area contributed by atoms with Crippen LogP contribution in [-0.2, 0) is 13.0 Å². The van der Waals surface area contributed by atoms with Crippen molar-refractivity contribution in [1.29, 1.82) is 0 Å². The zero-order valence-corrected chi connectivity index (χ0v) is 14.2. The summed E-state index contributed by atoms with van der Waals surface area (Å²) in [6.07, 6.45) is 0.813. The fraction of sp³-hybridized carbons (Fsp3) is 0.316. The Balaban J connectivity index is 1.86. The molecule has 5 heteroatoms. The van der Waals surface area contributed by atoms with Crippen molar-refractivity contribution in [2.24, 2.45) is 4.99 Å². The van der Waals surface area contributed by atoms with Gasteiger partial charge in [0.25, 0.3) is 0 Å². The first-order valence-electron chi connectivity index (χ1n) is 8.11. The van der Waals surface area contributed by atoms with Gasteiger partial charge in [-0.25, -0.2) is 9.38 Å². The number of halogens is 1. The van der Waals surface area contributed by atoms with E-state index in [-0.39, 0.29) is 5.82 Å². The molecule has 0 aliphatic heterocycles. The maximum atomic E-state index is 12.9. The van der Waals surface area contributed by atoms with Crippen LogP contribution in [-0.4, -0.2) is 26.2 Å². The molecule has 0 heterocycles. The van der Waals surface area contributed by atoms with Gasteiger partial charge in [-0.2, -0.15) is 0 Å². The van der Waals surface area contributed by atoms with E-state index in [1.807, 2.05) is 31.2 Å². The molecule has 0 unspecified atom stereocenters. The molecule has 4 nitrogen and oxygen atoms in total. The summed E-state index contributed by atoms with van der Waals surface area (Å²) in [4.78, 5) is 4.58. The van der Waals surface area contributed by atoms with E-state index in [1.54, 1.807) is 19.2 Å². The maximum Gasteiger partial charge on any atom is 0.191 e. The Morgan fingerprint density at radius 3 is 2.29 bits per heavy atom. The Labute approximate surface area is 142 Å². The van der Waals surface area contributed by atoms with Crippen molar-refractivity contribution in [2.45, 2.75) is 19.9 Å². The number of nitrogens with one attached hydrogen (secondary N) is 2. The zero-order valence-electron chi connectivity index (χ0n) is 14.2. The van der Waals surface area contributed by atoms with E-state index >= 15 is 0 Å². The van der Waals surface area contributed by atoms with Gasteiger partial charge in [-0.1, -0.05) is 24.3 Å². The lowest BCUT2D eigenvalue weighted by Crippen LogP contribution is -2.38. The Hall–Kier alpha value is -2.56. The second-order valence-electron chi connectivity index (χ2n) is 5.35. The van der Waals surface area contributed by atoms with Gasteiger partial charge in [-0.05, 0) is 48.7 Å². The number of guanidine groups is 1. The predicted octanol–water partition coefficient (Wildman–Crippen LogP) is 3.13. The third kappa shape index (κ3) is 5.91. The second kappa shape index (κ2) is 9.55. The van der Waals surface area contributed by atoms with Crippen molar-refractivity contribution in [3.05, 3.63) is 65.5 Å². The number of nitrogens with zero attached hydrogens (tertiary/aromatic N) is 1. The van der Waals surface area contributed by atoms with Crippen LogP contribution in [0.3, 0.4) is 0 Å². The minimum atomic E-state index is -0.207. The normalized spacial score (nSPS) is 11.2. The van der Waals surface area contributed by atoms with Crippen LogP contribution in [0.25, 0.3) is 0 Å². The molecule has 24 heavy (non-hydrogen) atoms. The molecule has 0 fully saturated rings. The minimum absolute atomic E-state index is 0.207. The van der Waals surface area contributed by atoms with Crippen LogP contribution in [0.1, 0.15) is 18.1 Å². The molecule has 0 saturated heterocycles. The van der Waals surface area contributed by atoms with E-state index in [4.69, 9.17) is 4.74 Å². The number of hydrogen-bond acceptors (Lipinski definition) is 2. The number of aliphatic imine (C=N–C) groups is 1. The molecule has 2 aromatic carbocycles. The van der Waals surface area contributed by atoms with Crippen molar-refractivity contribution < 1.29 is 9.13 Å². The molecule has 0 aliphatic rings. The van der Waals surface area contributed by atoms with Crippen LogP contribution in [0.15, 0.2) is 53.5 Å². The van der Waals surface area contributed by atoms with Crippen molar-refractivity contribution in [3.63, 3.8) is 0 Å². The van der Waals surface area contributed by atoms with Gasteiger partial charge in [0.15, 0.2) is 5.96 Å². The van der Waals surface area contributed by atoms with Crippen molar-refractivity contribution in [3.8, 4) is 5.75 Å². The Morgan fingerprint density at radius 1 is 1.00 bits per heavy atom. The lowest BCUT2D eigenvalue weighted by molar-refractivity contribution is 0.414. The standard InChI is InChI=1S/C19H24FN3O/c1-3-21-19(22-13-12-15-4-8-17(20)9-5-15)23-14-16-6-10-18(24-2)11-7-16/h4-11H,3,12-14H2,1-2H3,(H2,21,22,23). The molecule has 0 radical (unpaired) electrons. The highest BCUT2D eigenvalue weighted by atomic mass is 19.1. The molecule has 0 spiro atoms. The third-order valence-corrected chi connectivity index (χ3v) is 3.54. The number of methoxy groups -OCH3 is 1. The van der Waals surface area contributed by atoms with E-state index in [0.29, 0.717) is 6.54 Å². The van der Waals surface area contributed by atoms with E-state index in [0.717, 1.165) is 42.3 Å². The molecule has 0 bridgehead atoms. The molecule has 2 aromatic rings. The molecule has 0 atom stereocenters. The molecular weight excluding hydrogens is 305 g/mol. The summed E-state index contributed by atoms with van der Waals surface area (Å²) in [6, 6.07) is 14.4. The van der Waals surface area contributed by atoms with Crippen molar-refractivity contribution >= 4 is 5.96 Å². The van der Waals surface area contributed by atoms with Crippen molar-refractivity contribution in [2.75, 3.05) is 20.2 Å². The molecule has 0 saturated carbocycles. The quantitative estimate of drug-likeness (QED) is 0.606. The SMILES string of the molecule is CCNC(=NCc1ccc(OC)cc1)NCCc1ccc(F)cc1. The Bertz CT molecular complexity index is 639. The fourth-order valence-electron chi connectivity index (χ4n) is 2.22. The molecule has 2 rings (SSSR count). The second-order valence-corrected chi connectivity index (χ2v) is 5.35. The first-order valence-corrected chi connectivity index (χ1v) is 8.11. The first-order chi connectivity index (χ1) is 11.7. The maximum absolute atomic E-state index is 12.9. The monoisotopic (exact) mass is 329 g/mol. The van der Waals surface area contributed by atoms with E-state index < -0.39 is 0 Å². The van der Waals surface area contributed by atoms with Gasteiger partial charge in [-0.15, -0.1) is 0 Å². The van der Waals surface area contributed by atoms with Crippen molar-refractivity contribution in [1.82, 2.24) is 10.6 Å². The third-order valence-electron chi connectivity index (χ3n) is 3.54. The van der Waals surface area contributed by atoms with E-state index in [1.165, 1.54) is 12.1 Å². The van der Waals surface area contributed by atoms with Gasteiger partial charge < -0.3 is 15.4 Å². The number of benzene rings is 2. The number of hydrogen-bond donors (Lipinski definition) is 2. The molecule has 128 valence electrons. The van der Waals surface area contributed by atoms with Crippen LogP contribution >= 0.6 is 0 Å². The van der Waals surface area contributed by atoms with Crippen LogP contribution in [0.4, 0.5) is 4.39 Å². The van der Waals surface area contributed by atoms with Crippen LogP contribution in [0.5, 0.6) is 5.75 Å². The largest absolute Gasteiger partial charge is 0.497 e. The summed E-state index contributed by atoms with van der Waals surface area (Å²) >= 11 is 0. The fourth-order valence-corrected chi connectivity index (χ4v) is 2.22. The van der Waals surface area contributed by atoms with Gasteiger partial charge >= 0.3 is 0 Å². The molecule has 2 N–H and O–H groups in total. The highest BCUT2D eigenvalue weighted by Crippen LogP contribution is 2.11. The zero-order chi connectivity index (χ0) is 17.2. The van der Waals surface area contributed by atoms with Crippen LogP contribution in [0.2, 0.25) is 0 Å². The minimum Gasteiger partial charge on any atom is -0.497 e. The van der Waals surface area contributed by atoms with Gasteiger partial charge in [-0.3, -0.25) is 0 Å².